The lowest BCUT2D eigenvalue weighted by atomic mass is 10.0. The standard InChI is InChI=1S/C27H17Br2NO3/c28-23-11-17(10-21(14-30)19-8-9-25-26(13-19)33-16-32-25)12-24(29)27(23)31-15-20-6-3-5-18-4-1-2-7-22(18)20/h1-13H,15-16H2/b21-10-. The van der Waals surface area contributed by atoms with Crippen molar-refractivity contribution in [2.45, 2.75) is 6.61 Å². The van der Waals surface area contributed by atoms with Crippen LogP contribution >= 0.6 is 31.9 Å². The van der Waals surface area contributed by atoms with Gasteiger partial charge in [0.25, 0.3) is 0 Å². The fourth-order valence-corrected chi connectivity index (χ4v) is 5.23. The zero-order valence-electron chi connectivity index (χ0n) is 17.3. The molecule has 0 atom stereocenters. The Balaban J connectivity index is 1.40. The number of nitrogens with zero attached hydrogens (tertiary/aromatic N) is 1. The molecule has 1 aliphatic rings. The third-order valence-electron chi connectivity index (χ3n) is 5.39. The van der Waals surface area contributed by atoms with Crippen LogP contribution in [0.25, 0.3) is 22.4 Å². The van der Waals surface area contributed by atoms with Crippen LogP contribution in [0.5, 0.6) is 17.2 Å². The van der Waals surface area contributed by atoms with Crippen molar-refractivity contribution in [3.05, 3.63) is 98.4 Å². The van der Waals surface area contributed by atoms with Crippen molar-refractivity contribution in [3.63, 3.8) is 0 Å². The first kappa shape index (κ1) is 21.6. The van der Waals surface area contributed by atoms with Crippen molar-refractivity contribution in [2.24, 2.45) is 0 Å². The molecule has 0 amide bonds. The predicted molar refractivity (Wildman–Crippen MR) is 136 cm³/mol. The van der Waals surface area contributed by atoms with Crippen LogP contribution in [0.4, 0.5) is 0 Å². The van der Waals surface area contributed by atoms with Crippen LogP contribution in [0.1, 0.15) is 16.7 Å². The van der Waals surface area contributed by atoms with Gasteiger partial charge in [-0.05, 0) is 95.7 Å². The Bertz CT molecular complexity index is 1410. The van der Waals surface area contributed by atoms with Gasteiger partial charge in [-0.15, -0.1) is 0 Å². The molecule has 0 aliphatic carbocycles. The summed E-state index contributed by atoms with van der Waals surface area (Å²) in [6.45, 7) is 0.638. The highest BCUT2D eigenvalue weighted by Gasteiger charge is 2.15. The van der Waals surface area contributed by atoms with Crippen molar-refractivity contribution >= 4 is 54.3 Å². The van der Waals surface area contributed by atoms with Crippen LogP contribution in [-0.2, 0) is 6.61 Å². The Labute approximate surface area is 208 Å². The van der Waals surface area contributed by atoms with Crippen molar-refractivity contribution in [1.29, 1.82) is 5.26 Å². The molecule has 1 heterocycles. The van der Waals surface area contributed by atoms with Gasteiger partial charge in [0.2, 0.25) is 6.79 Å². The molecule has 0 fully saturated rings. The summed E-state index contributed by atoms with van der Waals surface area (Å²) in [5.41, 5.74) is 3.27. The minimum absolute atomic E-state index is 0.199. The van der Waals surface area contributed by atoms with Gasteiger partial charge in [-0.1, -0.05) is 42.5 Å². The Hall–Kier alpha value is -3.27. The quantitative estimate of drug-likeness (QED) is 0.184. The van der Waals surface area contributed by atoms with Crippen LogP contribution in [0.15, 0.2) is 81.7 Å². The molecule has 33 heavy (non-hydrogen) atoms. The third-order valence-corrected chi connectivity index (χ3v) is 6.57. The lowest BCUT2D eigenvalue weighted by molar-refractivity contribution is 0.174. The summed E-state index contributed by atoms with van der Waals surface area (Å²) in [4.78, 5) is 0. The van der Waals surface area contributed by atoms with Crippen molar-refractivity contribution < 1.29 is 14.2 Å². The second-order valence-corrected chi connectivity index (χ2v) is 9.19. The number of allylic oxidation sites excluding steroid dienone is 1. The van der Waals surface area contributed by atoms with E-state index in [1.807, 2.05) is 54.6 Å². The molecule has 0 unspecified atom stereocenters. The molecular weight excluding hydrogens is 546 g/mol. The highest BCUT2D eigenvalue weighted by atomic mass is 79.9. The van der Waals surface area contributed by atoms with Gasteiger partial charge in [0.1, 0.15) is 12.4 Å². The zero-order chi connectivity index (χ0) is 22.8. The lowest BCUT2D eigenvalue weighted by Gasteiger charge is -2.13. The van der Waals surface area contributed by atoms with E-state index < -0.39 is 0 Å². The van der Waals surface area contributed by atoms with Crippen LogP contribution in [0.2, 0.25) is 0 Å². The van der Waals surface area contributed by atoms with E-state index in [9.17, 15) is 5.26 Å². The summed E-state index contributed by atoms with van der Waals surface area (Å²) < 4.78 is 18.6. The van der Waals surface area contributed by atoms with Gasteiger partial charge >= 0.3 is 0 Å². The maximum Gasteiger partial charge on any atom is 0.231 e. The number of hydrogen-bond donors (Lipinski definition) is 0. The minimum Gasteiger partial charge on any atom is -0.487 e. The minimum atomic E-state index is 0.199. The molecule has 4 nitrogen and oxygen atoms in total. The lowest BCUT2D eigenvalue weighted by Crippen LogP contribution is -1.98. The van der Waals surface area contributed by atoms with Gasteiger partial charge < -0.3 is 14.2 Å². The molecule has 162 valence electrons. The molecular formula is C27H17Br2NO3. The number of fused-ring (bicyclic) bond motifs is 2. The number of benzene rings is 4. The summed E-state index contributed by atoms with van der Waals surface area (Å²) in [5.74, 6) is 2.05. The number of rotatable bonds is 5. The van der Waals surface area contributed by atoms with Gasteiger partial charge in [0.05, 0.1) is 20.6 Å². The summed E-state index contributed by atoms with van der Waals surface area (Å²) in [6, 6.07) is 26.1. The molecule has 6 heteroatoms. The smallest absolute Gasteiger partial charge is 0.231 e. The highest BCUT2D eigenvalue weighted by Crippen LogP contribution is 2.38. The average molecular weight is 563 g/mol. The Morgan fingerprint density at radius 2 is 1.70 bits per heavy atom. The normalized spacial score (nSPS) is 12.6. The Morgan fingerprint density at radius 3 is 2.52 bits per heavy atom. The second kappa shape index (κ2) is 9.30. The highest BCUT2D eigenvalue weighted by molar-refractivity contribution is 9.11. The number of ether oxygens (including phenoxy) is 3. The maximum atomic E-state index is 9.74. The summed E-state index contributed by atoms with van der Waals surface area (Å²) >= 11 is 7.25. The van der Waals surface area contributed by atoms with Crippen molar-refractivity contribution in [2.75, 3.05) is 6.79 Å². The topological polar surface area (TPSA) is 51.5 Å². The van der Waals surface area contributed by atoms with E-state index in [0.29, 0.717) is 29.4 Å². The maximum absolute atomic E-state index is 9.74. The molecule has 0 saturated carbocycles. The molecule has 4 aromatic carbocycles. The fourth-order valence-electron chi connectivity index (χ4n) is 3.78. The predicted octanol–water partition coefficient (Wildman–Crippen LogP) is 7.74. The molecule has 0 radical (unpaired) electrons. The van der Waals surface area contributed by atoms with Gasteiger partial charge in [-0.25, -0.2) is 0 Å². The van der Waals surface area contributed by atoms with Crippen LogP contribution in [0, 0.1) is 11.3 Å². The first-order valence-corrected chi connectivity index (χ1v) is 11.8. The summed E-state index contributed by atoms with van der Waals surface area (Å²) in [7, 11) is 0. The molecule has 0 saturated heterocycles. The fraction of sp³-hybridized carbons (Fsp3) is 0.0741. The zero-order valence-corrected chi connectivity index (χ0v) is 20.5. The molecule has 5 rings (SSSR count). The first-order chi connectivity index (χ1) is 16.1. The van der Waals surface area contributed by atoms with E-state index in [4.69, 9.17) is 14.2 Å². The largest absolute Gasteiger partial charge is 0.487 e. The van der Waals surface area contributed by atoms with Crippen LogP contribution in [-0.4, -0.2) is 6.79 Å². The molecule has 1 aliphatic heterocycles. The molecule has 4 aromatic rings. The molecule has 0 spiro atoms. The number of nitriles is 1. The van der Waals surface area contributed by atoms with Gasteiger partial charge in [-0.3, -0.25) is 0 Å². The Morgan fingerprint density at radius 1 is 0.939 bits per heavy atom. The average Bonchev–Trinajstić information content (AvgIpc) is 3.30. The number of halogens is 2. The van der Waals surface area contributed by atoms with Gasteiger partial charge in [0, 0.05) is 0 Å². The molecule has 0 N–H and O–H groups in total. The Kier molecular flexibility index (Phi) is 6.08. The van der Waals surface area contributed by atoms with E-state index in [-0.39, 0.29) is 6.79 Å². The van der Waals surface area contributed by atoms with Crippen LogP contribution in [0.3, 0.4) is 0 Å². The van der Waals surface area contributed by atoms with E-state index >= 15 is 0 Å². The van der Waals surface area contributed by atoms with E-state index in [1.165, 1.54) is 10.8 Å². The van der Waals surface area contributed by atoms with Crippen LogP contribution < -0.4 is 14.2 Å². The monoisotopic (exact) mass is 561 g/mol. The van der Waals surface area contributed by atoms with Crippen molar-refractivity contribution in [1.82, 2.24) is 0 Å². The molecule has 0 bridgehead atoms. The van der Waals surface area contributed by atoms with Gasteiger partial charge in [-0.2, -0.15) is 5.26 Å². The third kappa shape index (κ3) is 4.47. The van der Waals surface area contributed by atoms with Gasteiger partial charge in [0.15, 0.2) is 11.5 Å². The number of hydrogen-bond acceptors (Lipinski definition) is 4. The SMILES string of the molecule is N#C/C(=C/c1cc(Br)c(OCc2cccc3ccccc23)c(Br)c1)c1ccc2c(c1)OCO2. The summed E-state index contributed by atoms with van der Waals surface area (Å²) in [5, 5.41) is 12.1. The first-order valence-electron chi connectivity index (χ1n) is 10.2. The second-order valence-electron chi connectivity index (χ2n) is 7.48. The van der Waals surface area contributed by atoms with E-state index in [1.54, 1.807) is 0 Å². The van der Waals surface area contributed by atoms with E-state index in [2.05, 4.69) is 62.2 Å². The summed E-state index contributed by atoms with van der Waals surface area (Å²) in [6.07, 6.45) is 1.83. The van der Waals surface area contributed by atoms with E-state index in [0.717, 1.165) is 25.6 Å². The van der Waals surface area contributed by atoms with Crippen molar-refractivity contribution in [3.8, 4) is 23.3 Å². The molecule has 0 aromatic heterocycles.